The quantitative estimate of drug-likeness (QED) is 0.825. The van der Waals surface area contributed by atoms with Gasteiger partial charge in [-0.15, -0.1) is 5.10 Å². The van der Waals surface area contributed by atoms with E-state index in [1.807, 2.05) is 32.0 Å². The lowest BCUT2D eigenvalue weighted by Gasteiger charge is -2.13. The number of ether oxygens (including phenoxy) is 1. The Kier molecular flexibility index (Phi) is 5.05. The largest absolute Gasteiger partial charge is 0.383 e. The van der Waals surface area contributed by atoms with Crippen molar-refractivity contribution in [2.75, 3.05) is 20.3 Å². The molecule has 0 bridgehead atoms. The summed E-state index contributed by atoms with van der Waals surface area (Å²) in [7, 11) is 1.67. The normalized spacial score (nSPS) is 12.6. The van der Waals surface area contributed by atoms with Crippen molar-refractivity contribution in [2.24, 2.45) is 0 Å². The molecule has 0 aliphatic rings. The lowest BCUT2D eigenvalue weighted by molar-refractivity contribution is 0.196. The molecule has 0 saturated heterocycles. The van der Waals surface area contributed by atoms with Gasteiger partial charge in [-0.1, -0.05) is 17.7 Å². The Hall–Kier alpha value is -1.50. The van der Waals surface area contributed by atoms with Crippen LogP contribution < -0.4 is 5.32 Å². The summed E-state index contributed by atoms with van der Waals surface area (Å²) in [4.78, 5) is 0. The zero-order valence-electron chi connectivity index (χ0n) is 11.8. The van der Waals surface area contributed by atoms with Crippen molar-refractivity contribution >= 4 is 11.6 Å². The number of nitrogens with zero attached hydrogens (tertiary/aromatic N) is 4. The molecule has 0 aliphatic heterocycles. The SMILES string of the molecule is COCCNC(C)c1nnnn1-c1ccc(C)c(Cl)c1. The fraction of sp³-hybridized carbons (Fsp3) is 0.462. The number of aromatic nitrogens is 4. The average molecular weight is 296 g/mol. The summed E-state index contributed by atoms with van der Waals surface area (Å²) < 4.78 is 6.71. The minimum Gasteiger partial charge on any atom is -0.383 e. The molecule has 0 saturated carbocycles. The van der Waals surface area contributed by atoms with E-state index in [9.17, 15) is 0 Å². The summed E-state index contributed by atoms with van der Waals surface area (Å²) in [6.45, 7) is 5.34. The second-order valence-electron chi connectivity index (χ2n) is 4.55. The van der Waals surface area contributed by atoms with Crippen molar-refractivity contribution in [3.05, 3.63) is 34.6 Å². The van der Waals surface area contributed by atoms with Gasteiger partial charge in [-0.2, -0.15) is 4.68 Å². The summed E-state index contributed by atoms with van der Waals surface area (Å²) in [6, 6.07) is 5.77. The van der Waals surface area contributed by atoms with E-state index < -0.39 is 0 Å². The third-order valence-corrected chi connectivity index (χ3v) is 3.44. The third-order valence-electron chi connectivity index (χ3n) is 3.04. The van der Waals surface area contributed by atoms with Crippen LogP contribution in [0.4, 0.5) is 0 Å². The number of rotatable bonds is 6. The Balaban J connectivity index is 2.21. The van der Waals surface area contributed by atoms with Gasteiger partial charge in [0.15, 0.2) is 5.82 Å². The molecule has 1 unspecified atom stereocenters. The van der Waals surface area contributed by atoms with E-state index in [0.717, 1.165) is 23.6 Å². The van der Waals surface area contributed by atoms with Gasteiger partial charge in [0, 0.05) is 18.7 Å². The molecular weight excluding hydrogens is 278 g/mol. The number of nitrogens with one attached hydrogen (secondary N) is 1. The molecule has 1 aromatic heterocycles. The van der Waals surface area contributed by atoms with Crippen LogP contribution >= 0.6 is 11.6 Å². The maximum Gasteiger partial charge on any atom is 0.173 e. The molecular formula is C13H18ClN5O. The van der Waals surface area contributed by atoms with E-state index in [-0.39, 0.29) is 6.04 Å². The first-order valence-corrected chi connectivity index (χ1v) is 6.78. The van der Waals surface area contributed by atoms with Crippen LogP contribution in [0.15, 0.2) is 18.2 Å². The zero-order chi connectivity index (χ0) is 14.5. The first-order valence-electron chi connectivity index (χ1n) is 6.40. The van der Waals surface area contributed by atoms with E-state index >= 15 is 0 Å². The summed E-state index contributed by atoms with van der Waals surface area (Å²) in [5.41, 5.74) is 1.87. The smallest absolute Gasteiger partial charge is 0.173 e. The Bertz CT molecular complexity index is 572. The number of halogens is 1. The first kappa shape index (κ1) is 14.9. The first-order chi connectivity index (χ1) is 9.63. The number of hydrogen-bond donors (Lipinski definition) is 1. The zero-order valence-corrected chi connectivity index (χ0v) is 12.6. The summed E-state index contributed by atoms with van der Waals surface area (Å²) in [6.07, 6.45) is 0. The van der Waals surface area contributed by atoms with Crippen LogP contribution in [0.1, 0.15) is 24.4 Å². The minimum absolute atomic E-state index is 0.0141. The number of tetrazole rings is 1. The number of aryl methyl sites for hydroxylation is 1. The summed E-state index contributed by atoms with van der Waals surface area (Å²) in [5, 5.41) is 15.9. The molecule has 2 aromatic rings. The molecule has 0 radical (unpaired) electrons. The van der Waals surface area contributed by atoms with E-state index in [1.165, 1.54) is 0 Å². The van der Waals surface area contributed by atoms with Gasteiger partial charge >= 0.3 is 0 Å². The fourth-order valence-electron chi connectivity index (χ4n) is 1.83. The molecule has 6 nitrogen and oxygen atoms in total. The van der Waals surface area contributed by atoms with E-state index in [0.29, 0.717) is 11.6 Å². The molecule has 0 fully saturated rings. The van der Waals surface area contributed by atoms with Crippen LogP contribution in [0, 0.1) is 6.92 Å². The molecule has 0 amide bonds. The molecule has 1 N–H and O–H groups in total. The predicted octanol–water partition coefficient (Wildman–Crippen LogP) is 1.92. The Morgan fingerprint density at radius 2 is 2.25 bits per heavy atom. The standard InChI is InChI=1S/C13H18ClN5O/c1-9-4-5-11(8-12(9)14)19-13(16-17-18-19)10(2)15-6-7-20-3/h4-5,8,10,15H,6-7H2,1-3H3. The van der Waals surface area contributed by atoms with Gasteiger partial charge in [0.2, 0.25) is 0 Å². The van der Waals surface area contributed by atoms with Crippen LogP contribution in [0.5, 0.6) is 0 Å². The third kappa shape index (κ3) is 3.33. The lowest BCUT2D eigenvalue weighted by Crippen LogP contribution is -2.25. The highest BCUT2D eigenvalue weighted by Gasteiger charge is 2.15. The molecule has 2 rings (SSSR count). The van der Waals surface area contributed by atoms with Gasteiger partial charge in [0.1, 0.15) is 0 Å². The second-order valence-corrected chi connectivity index (χ2v) is 4.96. The highest BCUT2D eigenvalue weighted by Crippen LogP contribution is 2.20. The number of hydrogen-bond acceptors (Lipinski definition) is 5. The summed E-state index contributed by atoms with van der Waals surface area (Å²) in [5.74, 6) is 0.737. The van der Waals surface area contributed by atoms with Crippen molar-refractivity contribution in [3.63, 3.8) is 0 Å². The molecule has 108 valence electrons. The highest BCUT2D eigenvalue weighted by molar-refractivity contribution is 6.31. The van der Waals surface area contributed by atoms with E-state index in [1.54, 1.807) is 11.8 Å². The molecule has 7 heteroatoms. The van der Waals surface area contributed by atoms with Crippen LogP contribution in [-0.4, -0.2) is 40.5 Å². The molecule has 20 heavy (non-hydrogen) atoms. The molecule has 0 spiro atoms. The van der Waals surface area contributed by atoms with Crippen molar-refractivity contribution in [1.82, 2.24) is 25.5 Å². The van der Waals surface area contributed by atoms with Gasteiger partial charge in [0.25, 0.3) is 0 Å². The van der Waals surface area contributed by atoms with Crippen LogP contribution in [0.25, 0.3) is 5.69 Å². The predicted molar refractivity (Wildman–Crippen MR) is 77.2 cm³/mol. The monoisotopic (exact) mass is 295 g/mol. The van der Waals surface area contributed by atoms with E-state index in [4.69, 9.17) is 16.3 Å². The van der Waals surface area contributed by atoms with Gasteiger partial charge in [-0.25, -0.2) is 0 Å². The van der Waals surface area contributed by atoms with Crippen LogP contribution in [-0.2, 0) is 4.74 Å². The van der Waals surface area contributed by atoms with Gasteiger partial charge < -0.3 is 10.1 Å². The number of methoxy groups -OCH3 is 1. The van der Waals surface area contributed by atoms with E-state index in [2.05, 4.69) is 20.8 Å². The maximum atomic E-state index is 6.15. The molecule has 1 aromatic carbocycles. The fourth-order valence-corrected chi connectivity index (χ4v) is 2.01. The minimum atomic E-state index is 0.0141. The van der Waals surface area contributed by atoms with Gasteiger partial charge in [-0.3, -0.25) is 0 Å². The number of benzene rings is 1. The second kappa shape index (κ2) is 6.78. The Morgan fingerprint density at radius 1 is 1.45 bits per heavy atom. The molecule has 0 aliphatic carbocycles. The van der Waals surface area contributed by atoms with Crippen LogP contribution in [0.2, 0.25) is 5.02 Å². The van der Waals surface area contributed by atoms with Gasteiger partial charge in [0.05, 0.1) is 18.3 Å². The summed E-state index contributed by atoms with van der Waals surface area (Å²) >= 11 is 6.15. The molecule has 1 atom stereocenters. The molecule has 1 heterocycles. The Labute approximate surface area is 123 Å². The maximum absolute atomic E-state index is 6.15. The van der Waals surface area contributed by atoms with Crippen molar-refractivity contribution in [2.45, 2.75) is 19.9 Å². The highest BCUT2D eigenvalue weighted by atomic mass is 35.5. The van der Waals surface area contributed by atoms with Crippen molar-refractivity contribution in [3.8, 4) is 5.69 Å². The van der Waals surface area contributed by atoms with Crippen LogP contribution in [0.3, 0.4) is 0 Å². The van der Waals surface area contributed by atoms with Gasteiger partial charge in [-0.05, 0) is 42.0 Å². The van der Waals surface area contributed by atoms with Crippen molar-refractivity contribution < 1.29 is 4.74 Å². The lowest BCUT2D eigenvalue weighted by atomic mass is 10.2. The Morgan fingerprint density at radius 3 is 2.95 bits per heavy atom. The van der Waals surface area contributed by atoms with Crippen molar-refractivity contribution in [1.29, 1.82) is 0 Å². The topological polar surface area (TPSA) is 64.9 Å². The average Bonchev–Trinajstić information content (AvgIpc) is 2.91.